The van der Waals surface area contributed by atoms with Gasteiger partial charge in [0.25, 0.3) is 0 Å². The van der Waals surface area contributed by atoms with Gasteiger partial charge in [-0.15, -0.1) is 0 Å². The van der Waals surface area contributed by atoms with Crippen LogP contribution in [0.4, 0.5) is 0 Å². The molecule has 0 aliphatic carbocycles. The molecular formula is C7H14NO2. The molecule has 1 unspecified atom stereocenters. The Morgan fingerprint density at radius 2 is 2.30 bits per heavy atom. The number of hydrogen-bond acceptors (Lipinski definition) is 3. The van der Waals surface area contributed by atoms with Crippen LogP contribution in [0, 0.1) is 0 Å². The Kier molecular flexibility index (Phi) is 5.16. The number of rotatable bonds is 5. The maximum atomic E-state index is 9.89. The van der Waals surface area contributed by atoms with E-state index in [9.17, 15) is 4.79 Å². The fourth-order valence-corrected chi connectivity index (χ4v) is 0.620. The summed E-state index contributed by atoms with van der Waals surface area (Å²) in [7, 11) is 1.70. The molecule has 59 valence electrons. The number of likely N-dealkylation sites (N-methyl/N-ethyl adjacent to an activating group) is 1. The fraction of sp³-hybridized carbons (Fsp3) is 0.857. The van der Waals surface area contributed by atoms with Gasteiger partial charge in [0.2, 0.25) is 6.29 Å². The molecule has 1 N–H and O–H groups in total. The van der Waals surface area contributed by atoms with Gasteiger partial charge in [0, 0.05) is 6.54 Å². The van der Waals surface area contributed by atoms with Gasteiger partial charge in [0.1, 0.15) is 0 Å². The van der Waals surface area contributed by atoms with E-state index in [0.29, 0.717) is 0 Å². The van der Waals surface area contributed by atoms with Gasteiger partial charge in [-0.2, -0.15) is 0 Å². The van der Waals surface area contributed by atoms with Gasteiger partial charge in [-0.05, 0) is 13.5 Å². The first-order valence-electron chi connectivity index (χ1n) is 3.48. The van der Waals surface area contributed by atoms with Gasteiger partial charge in [-0.1, -0.05) is 13.3 Å². The van der Waals surface area contributed by atoms with Crippen LogP contribution in [0.15, 0.2) is 0 Å². The van der Waals surface area contributed by atoms with Crippen LogP contribution < -0.4 is 0 Å². The van der Waals surface area contributed by atoms with Crippen LogP contribution in [0.3, 0.4) is 0 Å². The van der Waals surface area contributed by atoms with Crippen LogP contribution in [-0.2, 0) is 4.79 Å². The molecule has 0 saturated carbocycles. The van der Waals surface area contributed by atoms with Gasteiger partial charge in [0.05, 0.1) is 0 Å². The highest BCUT2D eigenvalue weighted by Crippen LogP contribution is 1.93. The third kappa shape index (κ3) is 3.58. The Balaban J connectivity index is 3.40. The smallest absolute Gasteiger partial charge is 0.246 e. The Morgan fingerprint density at radius 1 is 1.70 bits per heavy atom. The Bertz CT molecular complexity index is 95.6. The summed E-state index contributed by atoms with van der Waals surface area (Å²) in [6, 6.07) is 0. The minimum Gasteiger partial charge on any atom is -0.371 e. The van der Waals surface area contributed by atoms with Gasteiger partial charge in [-0.25, -0.2) is 0 Å². The van der Waals surface area contributed by atoms with Crippen LogP contribution in [0.25, 0.3) is 0 Å². The van der Waals surface area contributed by atoms with Crippen LogP contribution in [0.5, 0.6) is 0 Å². The lowest BCUT2D eigenvalue weighted by Crippen LogP contribution is -2.33. The molecule has 1 atom stereocenters. The van der Waals surface area contributed by atoms with E-state index in [4.69, 9.17) is 5.11 Å². The second-order valence-electron chi connectivity index (χ2n) is 2.33. The molecule has 0 rings (SSSR count). The van der Waals surface area contributed by atoms with E-state index < -0.39 is 6.23 Å². The molecule has 0 aromatic carbocycles. The van der Waals surface area contributed by atoms with Crippen molar-refractivity contribution < 1.29 is 9.90 Å². The van der Waals surface area contributed by atoms with Crippen molar-refractivity contribution in [3.8, 4) is 0 Å². The zero-order chi connectivity index (χ0) is 7.98. The standard InChI is InChI=1S/C7H14NO2/c1-3-4-5-8(2)7(10)6-9/h7,10H,3-5H2,1-2H3. The van der Waals surface area contributed by atoms with Crippen molar-refractivity contribution in [1.29, 1.82) is 0 Å². The monoisotopic (exact) mass is 144 g/mol. The first-order chi connectivity index (χ1) is 4.72. The highest BCUT2D eigenvalue weighted by atomic mass is 16.3. The summed E-state index contributed by atoms with van der Waals surface area (Å²) in [6.45, 7) is 2.80. The summed E-state index contributed by atoms with van der Waals surface area (Å²) in [5.41, 5.74) is 0. The minimum atomic E-state index is -1.05. The van der Waals surface area contributed by atoms with Gasteiger partial charge < -0.3 is 5.11 Å². The molecule has 0 aromatic heterocycles. The number of aliphatic hydroxyl groups excluding tert-OH is 1. The quantitative estimate of drug-likeness (QED) is 0.558. The summed E-state index contributed by atoms with van der Waals surface area (Å²) < 4.78 is 0. The number of nitrogens with zero attached hydrogens (tertiary/aromatic N) is 1. The zero-order valence-corrected chi connectivity index (χ0v) is 6.50. The average Bonchev–Trinajstić information content (AvgIpc) is 1.98. The molecule has 10 heavy (non-hydrogen) atoms. The summed E-state index contributed by atoms with van der Waals surface area (Å²) >= 11 is 0. The van der Waals surface area contributed by atoms with Gasteiger partial charge >= 0.3 is 0 Å². The van der Waals surface area contributed by atoms with Crippen LogP contribution >= 0.6 is 0 Å². The first kappa shape index (κ1) is 9.59. The number of aliphatic hydroxyl groups is 1. The van der Waals surface area contributed by atoms with E-state index in [1.807, 2.05) is 0 Å². The lowest BCUT2D eigenvalue weighted by Gasteiger charge is -2.16. The molecule has 0 aliphatic rings. The molecule has 0 fully saturated rings. The second kappa shape index (κ2) is 5.38. The number of unbranched alkanes of at least 4 members (excludes halogenated alkanes) is 1. The molecule has 1 radical (unpaired) electrons. The molecule has 3 heteroatoms. The summed E-state index contributed by atoms with van der Waals surface area (Å²) in [4.78, 5) is 11.5. The average molecular weight is 144 g/mol. The number of carbonyl (C=O) groups excluding carboxylic acids is 1. The predicted molar refractivity (Wildman–Crippen MR) is 39.2 cm³/mol. The maximum absolute atomic E-state index is 9.89. The maximum Gasteiger partial charge on any atom is 0.246 e. The molecular weight excluding hydrogens is 130 g/mol. The lowest BCUT2D eigenvalue weighted by molar-refractivity contribution is 0.0757. The Labute approximate surface area is 61.6 Å². The van der Waals surface area contributed by atoms with Gasteiger partial charge in [0.15, 0.2) is 6.23 Å². The predicted octanol–water partition coefficient (Wildman–Crippen LogP) is 0.146. The van der Waals surface area contributed by atoms with Crippen molar-refractivity contribution >= 4 is 6.29 Å². The van der Waals surface area contributed by atoms with Gasteiger partial charge in [-0.3, -0.25) is 9.69 Å². The van der Waals surface area contributed by atoms with Crippen molar-refractivity contribution in [3.63, 3.8) is 0 Å². The Morgan fingerprint density at radius 3 is 2.70 bits per heavy atom. The van der Waals surface area contributed by atoms with Crippen molar-refractivity contribution in [1.82, 2.24) is 4.90 Å². The van der Waals surface area contributed by atoms with Crippen molar-refractivity contribution in [2.45, 2.75) is 26.0 Å². The fourth-order valence-electron chi connectivity index (χ4n) is 0.620. The van der Waals surface area contributed by atoms with E-state index in [1.165, 1.54) is 6.29 Å². The van der Waals surface area contributed by atoms with E-state index >= 15 is 0 Å². The van der Waals surface area contributed by atoms with Crippen molar-refractivity contribution in [2.75, 3.05) is 13.6 Å². The summed E-state index contributed by atoms with van der Waals surface area (Å²) in [6.07, 6.45) is 2.52. The third-order valence-electron chi connectivity index (χ3n) is 1.39. The van der Waals surface area contributed by atoms with Crippen LogP contribution in [0.2, 0.25) is 0 Å². The SMILES string of the molecule is CCCCN(C)C(O)[C]=O. The van der Waals surface area contributed by atoms with Crippen molar-refractivity contribution in [3.05, 3.63) is 0 Å². The van der Waals surface area contributed by atoms with E-state index in [2.05, 4.69) is 6.92 Å². The highest BCUT2D eigenvalue weighted by molar-refractivity contribution is 5.55. The highest BCUT2D eigenvalue weighted by Gasteiger charge is 2.08. The molecule has 0 amide bonds. The van der Waals surface area contributed by atoms with E-state index in [1.54, 1.807) is 11.9 Å². The number of hydrogen-bond donors (Lipinski definition) is 1. The Hall–Kier alpha value is -0.410. The first-order valence-corrected chi connectivity index (χ1v) is 3.48. The minimum absolute atomic E-state index is 0.743. The lowest BCUT2D eigenvalue weighted by atomic mass is 10.3. The molecule has 0 bridgehead atoms. The zero-order valence-electron chi connectivity index (χ0n) is 6.50. The normalized spacial score (nSPS) is 13.6. The van der Waals surface area contributed by atoms with E-state index in [-0.39, 0.29) is 0 Å². The second-order valence-corrected chi connectivity index (χ2v) is 2.33. The van der Waals surface area contributed by atoms with Crippen LogP contribution in [-0.4, -0.2) is 36.1 Å². The molecule has 3 nitrogen and oxygen atoms in total. The topological polar surface area (TPSA) is 40.5 Å². The molecule has 0 aliphatic heterocycles. The van der Waals surface area contributed by atoms with Crippen molar-refractivity contribution in [2.24, 2.45) is 0 Å². The van der Waals surface area contributed by atoms with E-state index in [0.717, 1.165) is 19.4 Å². The summed E-state index contributed by atoms with van der Waals surface area (Å²) in [5.74, 6) is 0. The summed E-state index contributed by atoms with van der Waals surface area (Å²) in [5, 5.41) is 8.86. The molecule has 0 aromatic rings. The molecule has 0 saturated heterocycles. The molecule has 0 spiro atoms. The third-order valence-corrected chi connectivity index (χ3v) is 1.39. The molecule has 0 heterocycles. The van der Waals surface area contributed by atoms with Crippen LogP contribution in [0.1, 0.15) is 19.8 Å². The largest absolute Gasteiger partial charge is 0.371 e.